The van der Waals surface area contributed by atoms with Gasteiger partial charge in [0, 0.05) is 12.6 Å². The normalized spacial score (nSPS) is 10.0. The Morgan fingerprint density at radius 3 is 2.64 bits per heavy atom. The number of hydrogen-bond donors (Lipinski definition) is 0. The number of amides is 1. The van der Waals surface area contributed by atoms with Crippen molar-refractivity contribution in [1.29, 1.82) is 0 Å². The summed E-state index contributed by atoms with van der Waals surface area (Å²) >= 11 is 0. The molecule has 0 bridgehead atoms. The molecule has 0 spiro atoms. The summed E-state index contributed by atoms with van der Waals surface area (Å²) in [6.07, 6.45) is 0. The van der Waals surface area contributed by atoms with Crippen molar-refractivity contribution in [2.24, 2.45) is 0 Å². The van der Waals surface area contributed by atoms with Crippen molar-refractivity contribution < 1.29 is 14.0 Å². The zero-order chi connectivity index (χ0) is 10.7. The summed E-state index contributed by atoms with van der Waals surface area (Å²) in [5.41, 5.74) is 0.855. The molecule has 0 heterocycles. The summed E-state index contributed by atoms with van der Waals surface area (Å²) in [4.78, 5) is 16.2. The molecule has 0 saturated carbocycles. The van der Waals surface area contributed by atoms with Gasteiger partial charge >= 0.3 is 0 Å². The number of benzene rings is 1. The van der Waals surface area contributed by atoms with Crippen molar-refractivity contribution in [2.45, 2.75) is 6.92 Å². The largest absolute Gasteiger partial charge is 0.277 e. The van der Waals surface area contributed by atoms with Crippen LogP contribution in [0, 0.1) is 12.7 Å². The lowest BCUT2D eigenvalue weighted by Crippen LogP contribution is -2.25. The number of rotatable bonds is 2. The monoisotopic (exact) mass is 197 g/mol. The van der Waals surface area contributed by atoms with Crippen LogP contribution in [0.25, 0.3) is 0 Å². The number of halogens is 1. The molecule has 1 aromatic carbocycles. The average molecular weight is 197 g/mol. The van der Waals surface area contributed by atoms with Gasteiger partial charge in [-0.3, -0.25) is 9.63 Å². The summed E-state index contributed by atoms with van der Waals surface area (Å²) < 4.78 is 12.9. The Bertz CT molecular complexity index is 352. The van der Waals surface area contributed by atoms with E-state index < -0.39 is 0 Å². The number of nitrogens with zero attached hydrogens (tertiary/aromatic N) is 1. The van der Waals surface area contributed by atoms with Crippen molar-refractivity contribution >= 4 is 5.91 Å². The van der Waals surface area contributed by atoms with Crippen molar-refractivity contribution in [3.05, 3.63) is 35.1 Å². The molecule has 0 radical (unpaired) electrons. The van der Waals surface area contributed by atoms with Crippen LogP contribution >= 0.6 is 0 Å². The molecule has 76 valence electrons. The van der Waals surface area contributed by atoms with Crippen molar-refractivity contribution in [3.63, 3.8) is 0 Å². The lowest BCUT2D eigenvalue weighted by Gasteiger charge is -2.13. The summed E-state index contributed by atoms with van der Waals surface area (Å²) in [5.74, 6) is -0.614. The third-order valence-corrected chi connectivity index (χ3v) is 1.96. The maximum atomic E-state index is 12.9. The molecule has 0 aliphatic rings. The van der Waals surface area contributed by atoms with Crippen molar-refractivity contribution in [3.8, 4) is 0 Å². The van der Waals surface area contributed by atoms with E-state index in [1.54, 1.807) is 6.92 Å². The average Bonchev–Trinajstić information content (AvgIpc) is 2.20. The molecule has 0 aliphatic heterocycles. The van der Waals surface area contributed by atoms with E-state index in [1.807, 2.05) is 0 Å². The minimum absolute atomic E-state index is 0.296. The highest BCUT2D eigenvalue weighted by Crippen LogP contribution is 2.10. The van der Waals surface area contributed by atoms with E-state index in [4.69, 9.17) is 4.84 Å². The van der Waals surface area contributed by atoms with Gasteiger partial charge in [0.15, 0.2) is 0 Å². The molecule has 14 heavy (non-hydrogen) atoms. The van der Waals surface area contributed by atoms with Gasteiger partial charge in [0.1, 0.15) is 5.82 Å². The van der Waals surface area contributed by atoms with Gasteiger partial charge in [-0.25, -0.2) is 9.45 Å². The predicted molar refractivity (Wildman–Crippen MR) is 50.2 cm³/mol. The molecule has 0 unspecified atom stereocenters. The summed E-state index contributed by atoms with van der Waals surface area (Å²) in [5, 5.41) is 1.09. The molecule has 0 fully saturated rings. The topological polar surface area (TPSA) is 29.5 Å². The summed E-state index contributed by atoms with van der Waals surface area (Å²) in [7, 11) is 2.90. The molecule has 1 rings (SSSR count). The van der Waals surface area contributed by atoms with Gasteiger partial charge in [-0.15, -0.1) is 0 Å². The zero-order valence-corrected chi connectivity index (χ0v) is 8.37. The minimum atomic E-state index is -0.318. The molecule has 3 nitrogen and oxygen atoms in total. The second kappa shape index (κ2) is 4.19. The third-order valence-electron chi connectivity index (χ3n) is 1.96. The second-order valence-corrected chi connectivity index (χ2v) is 2.95. The Hall–Kier alpha value is -1.42. The van der Waals surface area contributed by atoms with Gasteiger partial charge in [0.05, 0.1) is 7.11 Å². The lowest BCUT2D eigenvalue weighted by atomic mass is 10.1. The number of carbonyl (C=O) groups excluding carboxylic acids is 1. The molecule has 0 aliphatic carbocycles. The number of hydroxylamine groups is 2. The van der Waals surface area contributed by atoms with Crippen LogP contribution in [0.2, 0.25) is 0 Å². The van der Waals surface area contributed by atoms with Gasteiger partial charge in [-0.1, -0.05) is 0 Å². The van der Waals surface area contributed by atoms with Gasteiger partial charge < -0.3 is 0 Å². The highest BCUT2D eigenvalue weighted by Gasteiger charge is 2.11. The Morgan fingerprint density at radius 1 is 1.50 bits per heavy atom. The van der Waals surface area contributed by atoms with E-state index in [2.05, 4.69) is 0 Å². The molecular formula is C10H12FNO2. The Kier molecular flexibility index (Phi) is 3.19. The van der Waals surface area contributed by atoms with E-state index in [0.717, 1.165) is 5.06 Å². The predicted octanol–water partition coefficient (Wildman–Crippen LogP) is 1.77. The number of carbonyl (C=O) groups is 1. The van der Waals surface area contributed by atoms with Crippen molar-refractivity contribution in [2.75, 3.05) is 14.2 Å². The van der Waals surface area contributed by atoms with Crippen LogP contribution in [0.4, 0.5) is 4.39 Å². The lowest BCUT2D eigenvalue weighted by molar-refractivity contribution is -0.0757. The standard InChI is InChI=1S/C10H12FNO2/c1-7-6-8(4-5-9(7)11)10(13)12(2)14-3/h4-6H,1-3H3. The maximum absolute atomic E-state index is 12.9. The molecule has 0 atom stereocenters. The van der Waals surface area contributed by atoms with Crippen LogP contribution in [-0.4, -0.2) is 25.1 Å². The third kappa shape index (κ3) is 2.09. The molecule has 1 amide bonds. The van der Waals surface area contributed by atoms with Crippen molar-refractivity contribution in [1.82, 2.24) is 5.06 Å². The van der Waals surface area contributed by atoms with E-state index in [-0.39, 0.29) is 11.7 Å². The quantitative estimate of drug-likeness (QED) is 0.676. The first-order valence-corrected chi connectivity index (χ1v) is 4.14. The van der Waals surface area contributed by atoms with Gasteiger partial charge in [-0.05, 0) is 30.7 Å². The Balaban J connectivity index is 2.97. The van der Waals surface area contributed by atoms with Gasteiger partial charge in [0.2, 0.25) is 0 Å². The van der Waals surface area contributed by atoms with Crippen LogP contribution in [0.3, 0.4) is 0 Å². The van der Waals surface area contributed by atoms with E-state index in [1.165, 1.54) is 32.4 Å². The zero-order valence-electron chi connectivity index (χ0n) is 8.37. The summed E-state index contributed by atoms with van der Waals surface area (Å²) in [6, 6.07) is 4.19. The SMILES string of the molecule is CON(C)C(=O)c1ccc(F)c(C)c1. The van der Waals surface area contributed by atoms with Gasteiger partial charge in [0.25, 0.3) is 5.91 Å². The van der Waals surface area contributed by atoms with E-state index in [0.29, 0.717) is 11.1 Å². The highest BCUT2D eigenvalue weighted by molar-refractivity contribution is 5.93. The number of hydrogen-bond acceptors (Lipinski definition) is 2. The molecule has 1 aromatic rings. The maximum Gasteiger partial charge on any atom is 0.277 e. The smallest absolute Gasteiger partial charge is 0.274 e. The van der Waals surface area contributed by atoms with Crippen LogP contribution in [0.1, 0.15) is 15.9 Å². The number of aryl methyl sites for hydroxylation is 1. The first-order valence-electron chi connectivity index (χ1n) is 4.14. The summed E-state index contributed by atoms with van der Waals surface area (Å²) in [6.45, 7) is 1.61. The molecule has 0 aromatic heterocycles. The highest BCUT2D eigenvalue weighted by atomic mass is 19.1. The van der Waals surface area contributed by atoms with E-state index >= 15 is 0 Å². The molecule has 0 N–H and O–H groups in total. The first-order chi connectivity index (χ1) is 6.56. The fourth-order valence-corrected chi connectivity index (χ4v) is 1.04. The Labute approximate surface area is 82.0 Å². The minimum Gasteiger partial charge on any atom is -0.274 e. The fraction of sp³-hybridized carbons (Fsp3) is 0.300. The second-order valence-electron chi connectivity index (χ2n) is 2.95. The van der Waals surface area contributed by atoms with Crippen LogP contribution in [0.15, 0.2) is 18.2 Å². The first kappa shape index (κ1) is 10.7. The molecular weight excluding hydrogens is 185 g/mol. The van der Waals surface area contributed by atoms with Crippen LogP contribution in [0.5, 0.6) is 0 Å². The Morgan fingerprint density at radius 2 is 2.14 bits per heavy atom. The molecule has 4 heteroatoms. The van der Waals surface area contributed by atoms with Gasteiger partial charge in [-0.2, -0.15) is 0 Å². The fourth-order valence-electron chi connectivity index (χ4n) is 1.04. The van der Waals surface area contributed by atoms with E-state index in [9.17, 15) is 9.18 Å². The molecule has 0 saturated heterocycles. The van der Waals surface area contributed by atoms with Crippen LogP contribution < -0.4 is 0 Å². The van der Waals surface area contributed by atoms with Crippen LogP contribution in [-0.2, 0) is 4.84 Å².